The molecule has 7 nitrogen and oxygen atoms in total. The average Bonchev–Trinajstić information content (AvgIpc) is 3.15. The zero-order chi connectivity index (χ0) is 17.5. The predicted octanol–water partition coefficient (Wildman–Crippen LogP) is 2.39. The molecular weight excluding hydrogens is 320 g/mol. The highest BCUT2D eigenvalue weighted by molar-refractivity contribution is 5.76. The van der Waals surface area contributed by atoms with Gasteiger partial charge in [-0.2, -0.15) is 0 Å². The molecule has 0 saturated heterocycles. The lowest BCUT2D eigenvalue weighted by atomic mass is 10.1. The minimum atomic E-state index is -0.0699. The van der Waals surface area contributed by atoms with Crippen LogP contribution < -0.4 is 10.1 Å². The first-order chi connectivity index (χ1) is 12.2. The van der Waals surface area contributed by atoms with Crippen LogP contribution in [0.1, 0.15) is 17.9 Å². The average molecular weight is 338 g/mol. The largest absolute Gasteiger partial charge is 0.497 e. The molecule has 0 spiro atoms. The molecule has 3 aromatic rings. The van der Waals surface area contributed by atoms with E-state index in [0.29, 0.717) is 24.6 Å². The van der Waals surface area contributed by atoms with E-state index >= 15 is 0 Å². The van der Waals surface area contributed by atoms with Gasteiger partial charge in [-0.15, -0.1) is 10.2 Å². The Balaban J connectivity index is 1.46. The fourth-order valence-electron chi connectivity index (χ4n) is 2.25. The van der Waals surface area contributed by atoms with Crippen molar-refractivity contribution in [2.75, 3.05) is 7.11 Å². The molecule has 0 aliphatic rings. The molecule has 7 heteroatoms. The smallest absolute Gasteiger partial charge is 0.247 e. The number of carbonyl (C=O) groups excluding carboxylic acids is 1. The molecule has 1 aromatic carbocycles. The van der Waals surface area contributed by atoms with Crippen molar-refractivity contribution in [2.24, 2.45) is 0 Å². The Hall–Kier alpha value is -3.22. The first-order valence-electron chi connectivity index (χ1n) is 7.87. The van der Waals surface area contributed by atoms with E-state index in [4.69, 9.17) is 9.15 Å². The van der Waals surface area contributed by atoms with Gasteiger partial charge < -0.3 is 14.5 Å². The highest BCUT2D eigenvalue weighted by Gasteiger charge is 2.09. The fourth-order valence-corrected chi connectivity index (χ4v) is 2.25. The van der Waals surface area contributed by atoms with E-state index in [0.717, 1.165) is 16.9 Å². The molecule has 3 rings (SSSR count). The lowest BCUT2D eigenvalue weighted by Crippen LogP contribution is -2.23. The Morgan fingerprint density at radius 1 is 1.12 bits per heavy atom. The molecule has 0 saturated carbocycles. The summed E-state index contributed by atoms with van der Waals surface area (Å²) in [5, 5.41) is 10.7. The van der Waals surface area contributed by atoms with Crippen LogP contribution in [-0.4, -0.2) is 28.2 Å². The maximum absolute atomic E-state index is 12.0. The molecule has 0 atom stereocenters. The van der Waals surface area contributed by atoms with Crippen molar-refractivity contribution < 1.29 is 13.9 Å². The number of aryl methyl sites for hydroxylation is 1. The summed E-state index contributed by atoms with van der Waals surface area (Å²) in [6.45, 7) is 0.208. The van der Waals surface area contributed by atoms with Gasteiger partial charge >= 0.3 is 0 Å². The summed E-state index contributed by atoms with van der Waals surface area (Å²) in [4.78, 5) is 15.9. The van der Waals surface area contributed by atoms with Gasteiger partial charge in [-0.25, -0.2) is 0 Å². The molecule has 128 valence electrons. The highest BCUT2D eigenvalue weighted by Crippen LogP contribution is 2.16. The van der Waals surface area contributed by atoms with E-state index in [-0.39, 0.29) is 12.5 Å². The third-order valence-electron chi connectivity index (χ3n) is 3.63. The van der Waals surface area contributed by atoms with Gasteiger partial charge in [0.25, 0.3) is 0 Å². The van der Waals surface area contributed by atoms with Crippen LogP contribution in [0.3, 0.4) is 0 Å². The van der Waals surface area contributed by atoms with Crippen LogP contribution in [0.2, 0.25) is 0 Å². The molecule has 1 N–H and O–H groups in total. The minimum Gasteiger partial charge on any atom is -0.497 e. The van der Waals surface area contributed by atoms with Crippen molar-refractivity contribution in [1.29, 1.82) is 0 Å². The van der Waals surface area contributed by atoms with Crippen LogP contribution in [0, 0.1) is 0 Å². The number of nitrogens with zero attached hydrogens (tertiary/aromatic N) is 3. The number of pyridine rings is 1. The number of nitrogens with one attached hydrogen (secondary N) is 1. The predicted molar refractivity (Wildman–Crippen MR) is 90.7 cm³/mol. The monoisotopic (exact) mass is 338 g/mol. The molecule has 2 aromatic heterocycles. The van der Waals surface area contributed by atoms with Gasteiger partial charge in [0, 0.05) is 24.4 Å². The van der Waals surface area contributed by atoms with Gasteiger partial charge in [-0.3, -0.25) is 9.78 Å². The number of carbonyl (C=O) groups is 1. The number of hydrogen-bond donors (Lipinski definition) is 1. The Kier molecular flexibility index (Phi) is 5.36. The summed E-state index contributed by atoms with van der Waals surface area (Å²) < 4.78 is 10.6. The van der Waals surface area contributed by atoms with E-state index in [2.05, 4.69) is 20.5 Å². The Morgan fingerprint density at radius 3 is 2.60 bits per heavy atom. The van der Waals surface area contributed by atoms with E-state index < -0.39 is 0 Å². The summed E-state index contributed by atoms with van der Waals surface area (Å²) in [6, 6.07) is 11.2. The molecule has 0 fully saturated rings. The number of hydrogen-bond acceptors (Lipinski definition) is 6. The molecule has 0 radical (unpaired) electrons. The molecule has 0 aliphatic carbocycles. The maximum atomic E-state index is 12.0. The highest BCUT2D eigenvalue weighted by atomic mass is 16.5. The van der Waals surface area contributed by atoms with Gasteiger partial charge in [0.1, 0.15) is 5.75 Å². The second kappa shape index (κ2) is 8.05. The summed E-state index contributed by atoms with van der Waals surface area (Å²) in [5.41, 5.74) is 1.87. The second-order valence-electron chi connectivity index (χ2n) is 5.36. The first-order valence-corrected chi connectivity index (χ1v) is 7.87. The molecule has 2 heterocycles. The third kappa shape index (κ3) is 4.63. The van der Waals surface area contributed by atoms with E-state index in [1.54, 1.807) is 31.6 Å². The van der Waals surface area contributed by atoms with Crippen molar-refractivity contribution in [1.82, 2.24) is 20.5 Å². The van der Waals surface area contributed by atoms with Crippen molar-refractivity contribution in [3.8, 4) is 17.2 Å². The summed E-state index contributed by atoms with van der Waals surface area (Å²) in [5.74, 6) is 1.50. The normalized spacial score (nSPS) is 10.4. The molecule has 0 unspecified atom stereocenters. The minimum absolute atomic E-state index is 0.0699. The van der Waals surface area contributed by atoms with Gasteiger partial charge in [-0.1, -0.05) is 12.1 Å². The number of methoxy groups -OCH3 is 1. The zero-order valence-corrected chi connectivity index (χ0v) is 13.8. The lowest BCUT2D eigenvalue weighted by Gasteiger charge is -2.04. The third-order valence-corrected chi connectivity index (χ3v) is 3.63. The SMILES string of the molecule is COc1ccc(CCC(=O)NCc2nnc(-c3ccncc3)o2)cc1. The Labute approximate surface area is 145 Å². The van der Waals surface area contributed by atoms with E-state index in [9.17, 15) is 4.79 Å². The standard InChI is InChI=1S/C18H18N4O3/c1-24-15-5-2-13(3-6-15)4-7-16(23)20-12-17-21-22-18(25-17)14-8-10-19-11-9-14/h2-3,5-6,8-11H,4,7,12H2,1H3,(H,20,23). The molecule has 0 aliphatic heterocycles. The Morgan fingerprint density at radius 2 is 1.88 bits per heavy atom. The van der Waals surface area contributed by atoms with Crippen LogP contribution in [0.25, 0.3) is 11.5 Å². The van der Waals surface area contributed by atoms with Gasteiger partial charge in [0.2, 0.25) is 17.7 Å². The topological polar surface area (TPSA) is 90.1 Å². The number of benzene rings is 1. The quantitative estimate of drug-likeness (QED) is 0.711. The van der Waals surface area contributed by atoms with Gasteiger partial charge in [0.15, 0.2) is 0 Å². The second-order valence-corrected chi connectivity index (χ2v) is 5.36. The number of rotatable bonds is 7. The summed E-state index contributed by atoms with van der Waals surface area (Å²) >= 11 is 0. The van der Waals surface area contributed by atoms with Crippen LogP contribution in [0.15, 0.2) is 53.2 Å². The van der Waals surface area contributed by atoms with E-state index in [1.807, 2.05) is 24.3 Å². The van der Waals surface area contributed by atoms with Crippen molar-refractivity contribution in [2.45, 2.75) is 19.4 Å². The lowest BCUT2D eigenvalue weighted by molar-refractivity contribution is -0.121. The van der Waals surface area contributed by atoms with Crippen molar-refractivity contribution in [3.63, 3.8) is 0 Å². The number of ether oxygens (including phenoxy) is 1. The fraction of sp³-hybridized carbons (Fsp3) is 0.222. The van der Waals surface area contributed by atoms with E-state index in [1.165, 1.54) is 0 Å². The molecular formula is C18H18N4O3. The van der Waals surface area contributed by atoms with Gasteiger partial charge in [0.05, 0.1) is 13.7 Å². The van der Waals surface area contributed by atoms with Crippen LogP contribution in [0.4, 0.5) is 0 Å². The summed E-state index contributed by atoms with van der Waals surface area (Å²) in [6.07, 6.45) is 4.35. The van der Waals surface area contributed by atoms with Crippen LogP contribution >= 0.6 is 0 Å². The molecule has 25 heavy (non-hydrogen) atoms. The maximum Gasteiger partial charge on any atom is 0.247 e. The van der Waals surface area contributed by atoms with Crippen LogP contribution in [0.5, 0.6) is 5.75 Å². The van der Waals surface area contributed by atoms with Crippen molar-refractivity contribution >= 4 is 5.91 Å². The van der Waals surface area contributed by atoms with Crippen LogP contribution in [-0.2, 0) is 17.8 Å². The zero-order valence-electron chi connectivity index (χ0n) is 13.8. The molecule has 0 bridgehead atoms. The number of amides is 1. The Bertz CT molecular complexity index is 816. The van der Waals surface area contributed by atoms with Gasteiger partial charge in [-0.05, 0) is 36.2 Å². The summed E-state index contributed by atoms with van der Waals surface area (Å²) in [7, 11) is 1.63. The first kappa shape index (κ1) is 16.6. The van der Waals surface area contributed by atoms with Crippen molar-refractivity contribution in [3.05, 3.63) is 60.2 Å². The molecule has 1 amide bonds. The number of aromatic nitrogens is 3.